The third-order valence-corrected chi connectivity index (χ3v) is 3.52. The number of methoxy groups -OCH3 is 1. The Kier molecular flexibility index (Phi) is 5.31. The van der Waals surface area contributed by atoms with Crippen molar-refractivity contribution in [1.82, 2.24) is 9.97 Å². The second-order valence-electron chi connectivity index (χ2n) is 5.92. The van der Waals surface area contributed by atoms with Crippen LogP contribution in [0.25, 0.3) is 0 Å². The fourth-order valence-corrected chi connectivity index (χ4v) is 2.36. The van der Waals surface area contributed by atoms with Gasteiger partial charge in [0.25, 0.3) is 0 Å². The summed E-state index contributed by atoms with van der Waals surface area (Å²) in [5.74, 6) is 0.266. The molecule has 4 nitrogen and oxygen atoms in total. The monoisotopic (exact) mass is 339 g/mol. The molecule has 0 saturated carbocycles. The van der Waals surface area contributed by atoms with Gasteiger partial charge in [0.15, 0.2) is 5.82 Å². The van der Waals surface area contributed by atoms with Gasteiger partial charge in [0, 0.05) is 18.9 Å². The number of halogens is 3. The molecule has 1 heterocycles. The molecule has 1 aromatic carbocycles. The molecular formula is C17H20F3N3O. The van der Waals surface area contributed by atoms with E-state index in [4.69, 9.17) is 4.74 Å². The molecule has 0 spiro atoms. The third kappa shape index (κ3) is 4.15. The van der Waals surface area contributed by atoms with Crippen molar-refractivity contribution in [1.29, 1.82) is 0 Å². The molecule has 7 heteroatoms. The van der Waals surface area contributed by atoms with Gasteiger partial charge in [0.1, 0.15) is 5.56 Å². The maximum atomic E-state index is 13.2. The second kappa shape index (κ2) is 7.07. The molecule has 24 heavy (non-hydrogen) atoms. The van der Waals surface area contributed by atoms with Crippen LogP contribution in [0.4, 0.5) is 24.7 Å². The minimum absolute atomic E-state index is 0.110. The fraction of sp³-hybridized carbons (Fsp3) is 0.412. The lowest BCUT2D eigenvalue weighted by Gasteiger charge is -2.22. The van der Waals surface area contributed by atoms with Crippen LogP contribution >= 0.6 is 0 Å². The molecule has 0 fully saturated rings. The van der Waals surface area contributed by atoms with Crippen molar-refractivity contribution in [2.45, 2.75) is 26.4 Å². The van der Waals surface area contributed by atoms with Crippen LogP contribution < -0.4 is 9.64 Å². The van der Waals surface area contributed by atoms with Gasteiger partial charge in [-0.1, -0.05) is 26.0 Å². The van der Waals surface area contributed by atoms with E-state index in [2.05, 4.69) is 23.8 Å². The van der Waals surface area contributed by atoms with Crippen molar-refractivity contribution in [3.8, 4) is 6.01 Å². The topological polar surface area (TPSA) is 38.2 Å². The summed E-state index contributed by atoms with van der Waals surface area (Å²) in [6.45, 7) is 4.23. The van der Waals surface area contributed by atoms with E-state index in [-0.39, 0.29) is 11.8 Å². The summed E-state index contributed by atoms with van der Waals surface area (Å²) in [5.41, 5.74) is 0.837. The summed E-state index contributed by atoms with van der Waals surface area (Å²) in [6, 6.07) is 7.29. The minimum Gasteiger partial charge on any atom is -0.467 e. The molecule has 0 radical (unpaired) electrons. The molecule has 0 amide bonds. The van der Waals surface area contributed by atoms with E-state index in [1.54, 1.807) is 12.1 Å². The van der Waals surface area contributed by atoms with Crippen LogP contribution in [0, 0.1) is 5.92 Å². The van der Waals surface area contributed by atoms with Crippen LogP contribution in [0.3, 0.4) is 0 Å². The Morgan fingerprint density at radius 2 is 1.79 bits per heavy atom. The number of nitrogens with zero attached hydrogens (tertiary/aromatic N) is 3. The molecule has 0 N–H and O–H groups in total. The molecule has 0 bridgehead atoms. The normalized spacial score (nSPS) is 11.7. The van der Waals surface area contributed by atoms with Crippen LogP contribution in [-0.2, 0) is 12.6 Å². The smallest absolute Gasteiger partial charge is 0.421 e. The van der Waals surface area contributed by atoms with Gasteiger partial charge < -0.3 is 9.64 Å². The van der Waals surface area contributed by atoms with Crippen molar-refractivity contribution >= 4 is 11.5 Å². The van der Waals surface area contributed by atoms with Crippen LogP contribution in [0.1, 0.15) is 25.0 Å². The van der Waals surface area contributed by atoms with Crippen molar-refractivity contribution in [3.63, 3.8) is 0 Å². The van der Waals surface area contributed by atoms with Crippen molar-refractivity contribution < 1.29 is 17.9 Å². The van der Waals surface area contributed by atoms with Gasteiger partial charge >= 0.3 is 12.2 Å². The number of aromatic nitrogens is 2. The summed E-state index contributed by atoms with van der Waals surface area (Å²) < 4.78 is 44.5. The summed E-state index contributed by atoms with van der Waals surface area (Å²) >= 11 is 0. The fourth-order valence-electron chi connectivity index (χ4n) is 2.36. The standard InChI is InChI=1S/C17H20F3N3O/c1-11(2)9-12-5-7-13(8-6-12)23(3)15-14(17(18,19)20)10-21-16(22-15)24-4/h5-8,10-11H,9H2,1-4H3. The summed E-state index contributed by atoms with van der Waals surface area (Å²) in [7, 11) is 2.85. The summed E-state index contributed by atoms with van der Waals surface area (Å²) in [5, 5.41) is 0. The van der Waals surface area contributed by atoms with Gasteiger partial charge in [-0.05, 0) is 30.0 Å². The molecule has 2 aromatic rings. The highest BCUT2D eigenvalue weighted by Gasteiger charge is 2.36. The van der Waals surface area contributed by atoms with Crippen molar-refractivity contribution in [2.75, 3.05) is 19.1 Å². The maximum absolute atomic E-state index is 13.2. The van der Waals surface area contributed by atoms with Crippen LogP contribution in [0.5, 0.6) is 6.01 Å². The number of hydrogen-bond donors (Lipinski definition) is 0. The van der Waals surface area contributed by atoms with E-state index in [1.807, 2.05) is 12.1 Å². The Bertz CT molecular complexity index is 684. The number of ether oxygens (including phenoxy) is 1. The SMILES string of the molecule is COc1ncc(C(F)(F)F)c(N(C)c2ccc(CC(C)C)cc2)n1. The van der Waals surface area contributed by atoms with Crippen molar-refractivity contribution in [3.05, 3.63) is 41.6 Å². The summed E-state index contributed by atoms with van der Waals surface area (Å²) in [4.78, 5) is 8.83. The molecule has 130 valence electrons. The molecule has 0 saturated heterocycles. The number of rotatable bonds is 5. The van der Waals surface area contributed by atoms with Crippen LogP contribution in [0.15, 0.2) is 30.5 Å². The predicted octanol–water partition coefficient (Wildman–Crippen LogP) is 4.47. The van der Waals surface area contributed by atoms with E-state index >= 15 is 0 Å². The lowest BCUT2D eigenvalue weighted by Crippen LogP contribution is -2.19. The largest absolute Gasteiger partial charge is 0.467 e. The number of anilines is 2. The van der Waals surface area contributed by atoms with Crippen LogP contribution in [0.2, 0.25) is 0 Å². The minimum atomic E-state index is -4.55. The summed E-state index contributed by atoms with van der Waals surface area (Å²) in [6.07, 6.45) is -2.89. The molecular weight excluding hydrogens is 319 g/mol. The highest BCUT2D eigenvalue weighted by atomic mass is 19.4. The number of benzene rings is 1. The molecule has 1 aromatic heterocycles. The Morgan fingerprint density at radius 1 is 1.17 bits per heavy atom. The zero-order valence-electron chi connectivity index (χ0n) is 14.1. The Hall–Kier alpha value is -2.31. The van der Waals surface area contributed by atoms with E-state index in [0.29, 0.717) is 11.6 Å². The van der Waals surface area contributed by atoms with Gasteiger partial charge in [-0.3, -0.25) is 0 Å². The third-order valence-electron chi connectivity index (χ3n) is 3.52. The van der Waals surface area contributed by atoms with E-state index in [9.17, 15) is 13.2 Å². The zero-order chi connectivity index (χ0) is 17.9. The quantitative estimate of drug-likeness (QED) is 0.805. The Labute approximate surface area is 139 Å². The average molecular weight is 339 g/mol. The van der Waals surface area contributed by atoms with Gasteiger partial charge in [-0.25, -0.2) is 4.98 Å². The van der Waals surface area contributed by atoms with Crippen molar-refractivity contribution in [2.24, 2.45) is 5.92 Å². The van der Waals surface area contributed by atoms with E-state index in [0.717, 1.165) is 18.2 Å². The lowest BCUT2D eigenvalue weighted by atomic mass is 10.0. The first-order chi connectivity index (χ1) is 11.2. The number of hydrogen-bond acceptors (Lipinski definition) is 4. The Balaban J connectivity index is 2.39. The zero-order valence-corrected chi connectivity index (χ0v) is 14.1. The second-order valence-corrected chi connectivity index (χ2v) is 5.92. The first-order valence-corrected chi connectivity index (χ1v) is 7.53. The molecule has 0 aliphatic heterocycles. The van der Waals surface area contributed by atoms with Gasteiger partial charge in [-0.2, -0.15) is 18.2 Å². The highest BCUT2D eigenvalue weighted by molar-refractivity contribution is 5.63. The number of alkyl halides is 3. The van der Waals surface area contributed by atoms with Gasteiger partial charge in [0.2, 0.25) is 0 Å². The van der Waals surface area contributed by atoms with Gasteiger partial charge in [0.05, 0.1) is 7.11 Å². The van der Waals surface area contributed by atoms with E-state index < -0.39 is 11.7 Å². The molecule has 0 atom stereocenters. The highest BCUT2D eigenvalue weighted by Crippen LogP contribution is 2.37. The first-order valence-electron chi connectivity index (χ1n) is 7.53. The predicted molar refractivity (Wildman–Crippen MR) is 86.6 cm³/mol. The molecule has 0 unspecified atom stereocenters. The van der Waals surface area contributed by atoms with Crippen LogP contribution in [-0.4, -0.2) is 24.1 Å². The molecule has 0 aliphatic rings. The maximum Gasteiger partial charge on any atom is 0.421 e. The Morgan fingerprint density at radius 3 is 2.29 bits per heavy atom. The van der Waals surface area contributed by atoms with E-state index in [1.165, 1.54) is 19.1 Å². The lowest BCUT2D eigenvalue weighted by molar-refractivity contribution is -0.137. The average Bonchev–Trinajstić information content (AvgIpc) is 2.53. The first kappa shape index (κ1) is 18.0. The molecule has 2 rings (SSSR count). The van der Waals surface area contributed by atoms with Gasteiger partial charge in [-0.15, -0.1) is 0 Å². The molecule has 0 aliphatic carbocycles.